The summed E-state index contributed by atoms with van der Waals surface area (Å²) in [6, 6.07) is 5.20. The maximum absolute atomic E-state index is 12.6. The average molecular weight is 408 g/mol. The van der Waals surface area contributed by atoms with E-state index in [0.29, 0.717) is 23.5 Å². The van der Waals surface area contributed by atoms with E-state index in [0.717, 1.165) is 35.7 Å². The quantitative estimate of drug-likeness (QED) is 0.724. The number of rotatable bonds is 6. The number of amides is 1. The number of ether oxygens (including phenoxy) is 2. The third-order valence-electron chi connectivity index (χ3n) is 4.77. The van der Waals surface area contributed by atoms with Crippen molar-refractivity contribution in [2.75, 3.05) is 7.11 Å². The Labute approximate surface area is 155 Å². The van der Waals surface area contributed by atoms with Crippen molar-refractivity contribution in [2.24, 2.45) is 5.92 Å². The summed E-state index contributed by atoms with van der Waals surface area (Å²) in [4.78, 5) is 23.6. The van der Waals surface area contributed by atoms with Crippen LogP contribution in [0.15, 0.2) is 28.4 Å². The summed E-state index contributed by atoms with van der Waals surface area (Å²) < 4.78 is 12.2. The minimum Gasteiger partial charge on any atom is -0.493 e. The van der Waals surface area contributed by atoms with Crippen molar-refractivity contribution in [3.05, 3.63) is 33.9 Å². The average Bonchev–Trinajstić information content (AvgIpc) is 3.25. The highest BCUT2D eigenvalue weighted by Crippen LogP contribution is 2.35. The molecule has 0 saturated heterocycles. The maximum atomic E-state index is 12.6. The summed E-state index contributed by atoms with van der Waals surface area (Å²) in [6.07, 6.45) is 6.91. The van der Waals surface area contributed by atoms with Gasteiger partial charge in [0.2, 0.25) is 0 Å². The van der Waals surface area contributed by atoms with Crippen LogP contribution in [0.5, 0.6) is 11.5 Å². The van der Waals surface area contributed by atoms with Gasteiger partial charge in [0.05, 0.1) is 13.2 Å². The number of hydrogen-bond donors (Lipinski definition) is 1. The van der Waals surface area contributed by atoms with Gasteiger partial charge in [-0.1, -0.05) is 15.9 Å². The monoisotopic (exact) mass is 407 g/mol. The first-order chi connectivity index (χ1) is 12.1. The molecule has 2 aliphatic rings. The number of nitrogens with one attached hydrogen (secondary N) is 1. The van der Waals surface area contributed by atoms with Gasteiger partial charge < -0.3 is 19.6 Å². The van der Waals surface area contributed by atoms with Crippen molar-refractivity contribution in [2.45, 2.75) is 44.6 Å². The Bertz CT molecular complexity index is 695. The second kappa shape index (κ2) is 8.04. The van der Waals surface area contributed by atoms with Gasteiger partial charge in [-0.3, -0.25) is 4.79 Å². The molecule has 134 valence electrons. The van der Waals surface area contributed by atoms with Crippen LogP contribution in [0, 0.1) is 5.92 Å². The van der Waals surface area contributed by atoms with Crippen molar-refractivity contribution in [3.8, 4) is 11.5 Å². The van der Waals surface area contributed by atoms with E-state index in [2.05, 4.69) is 21.2 Å². The molecule has 0 aromatic heterocycles. The molecule has 1 fully saturated rings. The molecular weight excluding hydrogens is 386 g/mol. The Balaban J connectivity index is 1.76. The van der Waals surface area contributed by atoms with E-state index in [-0.39, 0.29) is 17.9 Å². The standard InChI is InChI=1S/C19H22BrNO4/c1-24-16-9-7-12(10-17(16)25-14-4-2-3-5-14)19(23)21-15-8-6-13(11-22)18(15)20/h7,9-11,13-14H,2-6,8H2,1H3,(H,21,23). The van der Waals surface area contributed by atoms with Crippen molar-refractivity contribution in [1.82, 2.24) is 5.32 Å². The zero-order valence-corrected chi connectivity index (χ0v) is 15.8. The first kappa shape index (κ1) is 18.0. The molecule has 1 N–H and O–H groups in total. The zero-order valence-electron chi connectivity index (χ0n) is 14.2. The molecule has 3 rings (SSSR count). The van der Waals surface area contributed by atoms with Crippen LogP contribution in [-0.2, 0) is 4.79 Å². The van der Waals surface area contributed by atoms with Crippen molar-refractivity contribution < 1.29 is 19.1 Å². The van der Waals surface area contributed by atoms with Gasteiger partial charge in [-0.25, -0.2) is 0 Å². The van der Waals surface area contributed by atoms with Gasteiger partial charge >= 0.3 is 0 Å². The molecule has 1 amide bonds. The van der Waals surface area contributed by atoms with E-state index in [9.17, 15) is 9.59 Å². The Kier molecular flexibility index (Phi) is 5.78. The van der Waals surface area contributed by atoms with Crippen molar-refractivity contribution in [3.63, 3.8) is 0 Å². The molecule has 5 nitrogen and oxygen atoms in total. The second-order valence-corrected chi connectivity index (χ2v) is 7.31. The molecular formula is C19H22BrNO4. The van der Waals surface area contributed by atoms with Crippen LogP contribution < -0.4 is 14.8 Å². The van der Waals surface area contributed by atoms with Gasteiger partial charge in [-0.05, 0) is 56.7 Å². The zero-order chi connectivity index (χ0) is 17.8. The molecule has 0 spiro atoms. The number of carbonyl (C=O) groups excluding carboxylic acids is 2. The highest BCUT2D eigenvalue weighted by molar-refractivity contribution is 9.11. The van der Waals surface area contributed by atoms with Crippen LogP contribution in [-0.4, -0.2) is 25.4 Å². The molecule has 1 aromatic rings. The molecule has 0 heterocycles. The van der Waals surface area contributed by atoms with Crippen LogP contribution >= 0.6 is 15.9 Å². The molecule has 1 aromatic carbocycles. The predicted octanol–water partition coefficient (Wildman–Crippen LogP) is 3.96. The van der Waals surface area contributed by atoms with E-state index >= 15 is 0 Å². The first-order valence-corrected chi connectivity index (χ1v) is 9.41. The molecule has 25 heavy (non-hydrogen) atoms. The van der Waals surface area contributed by atoms with E-state index in [1.807, 2.05) is 0 Å². The summed E-state index contributed by atoms with van der Waals surface area (Å²) in [7, 11) is 1.59. The molecule has 1 saturated carbocycles. The highest BCUT2D eigenvalue weighted by Gasteiger charge is 2.25. The van der Waals surface area contributed by atoms with Gasteiger partial charge in [0.15, 0.2) is 11.5 Å². The molecule has 1 unspecified atom stereocenters. The van der Waals surface area contributed by atoms with Crippen LogP contribution in [0.1, 0.15) is 48.9 Å². The third kappa shape index (κ3) is 4.06. The van der Waals surface area contributed by atoms with Crippen LogP contribution in [0.4, 0.5) is 0 Å². The topological polar surface area (TPSA) is 64.6 Å². The Morgan fingerprint density at radius 1 is 1.24 bits per heavy atom. The largest absolute Gasteiger partial charge is 0.493 e. The van der Waals surface area contributed by atoms with E-state index in [1.165, 1.54) is 12.8 Å². The Morgan fingerprint density at radius 3 is 2.64 bits per heavy atom. The number of aldehydes is 1. The Hall–Kier alpha value is -1.82. The SMILES string of the molecule is COc1ccc(C(=O)NC2=C(Br)C(C=O)CC2)cc1OC1CCCC1. The molecule has 2 aliphatic carbocycles. The lowest BCUT2D eigenvalue weighted by Gasteiger charge is -2.17. The molecule has 6 heteroatoms. The third-order valence-corrected chi connectivity index (χ3v) is 5.84. The summed E-state index contributed by atoms with van der Waals surface area (Å²) in [6.45, 7) is 0. The van der Waals surface area contributed by atoms with E-state index in [1.54, 1.807) is 25.3 Å². The Morgan fingerprint density at radius 2 is 2.00 bits per heavy atom. The number of allylic oxidation sites excluding steroid dienone is 2. The van der Waals surface area contributed by atoms with E-state index < -0.39 is 0 Å². The van der Waals surface area contributed by atoms with E-state index in [4.69, 9.17) is 9.47 Å². The maximum Gasteiger partial charge on any atom is 0.255 e. The summed E-state index contributed by atoms with van der Waals surface area (Å²) >= 11 is 3.42. The molecule has 1 atom stereocenters. The van der Waals surface area contributed by atoms with Gasteiger partial charge in [-0.2, -0.15) is 0 Å². The van der Waals surface area contributed by atoms with Gasteiger partial charge in [-0.15, -0.1) is 0 Å². The lowest BCUT2D eigenvalue weighted by atomic mass is 10.1. The number of halogens is 1. The van der Waals surface area contributed by atoms with Gasteiger partial charge in [0, 0.05) is 21.7 Å². The molecule has 0 aliphatic heterocycles. The molecule has 0 bridgehead atoms. The fraction of sp³-hybridized carbons (Fsp3) is 0.474. The minimum absolute atomic E-state index is 0.160. The second-order valence-electron chi connectivity index (χ2n) is 6.45. The minimum atomic E-state index is -0.211. The van der Waals surface area contributed by atoms with Gasteiger partial charge in [0.1, 0.15) is 6.29 Å². The number of hydrogen-bond acceptors (Lipinski definition) is 4. The van der Waals surface area contributed by atoms with Crippen LogP contribution in [0.2, 0.25) is 0 Å². The summed E-state index contributed by atoms with van der Waals surface area (Å²) in [5.41, 5.74) is 1.28. The lowest BCUT2D eigenvalue weighted by molar-refractivity contribution is -0.109. The van der Waals surface area contributed by atoms with Crippen molar-refractivity contribution >= 4 is 28.1 Å². The number of carbonyl (C=O) groups is 2. The van der Waals surface area contributed by atoms with Crippen LogP contribution in [0.25, 0.3) is 0 Å². The predicted molar refractivity (Wildman–Crippen MR) is 98.1 cm³/mol. The van der Waals surface area contributed by atoms with Crippen molar-refractivity contribution in [1.29, 1.82) is 0 Å². The van der Waals surface area contributed by atoms with Crippen LogP contribution in [0.3, 0.4) is 0 Å². The lowest BCUT2D eigenvalue weighted by Crippen LogP contribution is -2.22. The van der Waals surface area contributed by atoms with Gasteiger partial charge in [0.25, 0.3) is 5.91 Å². The highest BCUT2D eigenvalue weighted by atomic mass is 79.9. The smallest absolute Gasteiger partial charge is 0.255 e. The molecule has 0 radical (unpaired) electrons. The first-order valence-electron chi connectivity index (χ1n) is 8.62. The summed E-state index contributed by atoms with van der Waals surface area (Å²) in [5.74, 6) is 0.864. The number of benzene rings is 1. The summed E-state index contributed by atoms with van der Waals surface area (Å²) in [5, 5.41) is 2.91. The normalized spacial score (nSPS) is 20.6. The fourth-order valence-corrected chi connectivity index (χ4v) is 3.96. The number of methoxy groups -OCH3 is 1. The fourth-order valence-electron chi connectivity index (χ4n) is 3.32.